The van der Waals surface area contributed by atoms with Gasteiger partial charge in [-0.25, -0.2) is 4.79 Å². The van der Waals surface area contributed by atoms with Crippen LogP contribution >= 0.6 is 0 Å². The third-order valence-corrected chi connectivity index (χ3v) is 7.36. The van der Waals surface area contributed by atoms with Crippen LogP contribution in [-0.2, 0) is 16.1 Å². The Balaban J connectivity index is 1.32. The van der Waals surface area contributed by atoms with Crippen LogP contribution in [0.25, 0.3) is 0 Å². The van der Waals surface area contributed by atoms with Gasteiger partial charge in [-0.2, -0.15) is 0 Å². The van der Waals surface area contributed by atoms with E-state index in [1.807, 2.05) is 18.2 Å². The van der Waals surface area contributed by atoms with Crippen LogP contribution in [0.15, 0.2) is 18.2 Å². The Kier molecular flexibility index (Phi) is 6.78. The Morgan fingerprint density at radius 1 is 0.970 bits per heavy atom. The first kappa shape index (κ1) is 23.4. The first-order valence-corrected chi connectivity index (χ1v) is 11.7. The fourth-order valence-electron chi connectivity index (χ4n) is 5.30. The molecule has 180 valence electrons. The predicted octanol–water partition coefficient (Wildman–Crippen LogP) is 1.94. The number of imide groups is 1. The highest BCUT2D eigenvalue weighted by molar-refractivity contribution is 6.08. The Hall–Kier alpha value is -2.81. The van der Waals surface area contributed by atoms with Crippen molar-refractivity contribution in [1.29, 1.82) is 0 Å². The molecule has 0 radical (unpaired) electrons. The molecule has 3 aliphatic rings. The number of nitrogens with zero attached hydrogens (tertiary/aromatic N) is 4. The molecule has 4 rings (SSSR count). The summed E-state index contributed by atoms with van der Waals surface area (Å²) in [7, 11) is 4.93. The molecule has 4 amide bonds. The van der Waals surface area contributed by atoms with Crippen LogP contribution in [-0.4, -0.2) is 97.0 Å². The van der Waals surface area contributed by atoms with Crippen LogP contribution in [0, 0.1) is 0 Å². The van der Waals surface area contributed by atoms with Gasteiger partial charge in [0.1, 0.15) is 12.1 Å². The second-order valence-corrected chi connectivity index (χ2v) is 9.17. The largest absolute Gasteiger partial charge is 0.493 e. The monoisotopic (exact) mass is 458 g/mol. The zero-order chi connectivity index (χ0) is 23.6. The molecule has 0 unspecified atom stereocenters. The van der Waals surface area contributed by atoms with E-state index in [1.165, 1.54) is 4.90 Å². The highest BCUT2D eigenvalue weighted by Gasteiger charge is 2.56. The summed E-state index contributed by atoms with van der Waals surface area (Å²) in [6.07, 6.45) is 4.34. The highest BCUT2D eigenvalue weighted by atomic mass is 16.5. The molecule has 0 N–H and O–H groups in total. The summed E-state index contributed by atoms with van der Waals surface area (Å²) in [5.74, 6) is 1.03. The number of rotatable bonds is 6. The number of urea groups is 1. The molecule has 2 heterocycles. The van der Waals surface area contributed by atoms with Gasteiger partial charge in [0.15, 0.2) is 11.5 Å². The molecule has 0 bridgehead atoms. The Morgan fingerprint density at radius 2 is 1.64 bits per heavy atom. The third-order valence-electron chi connectivity index (χ3n) is 7.36. The molecule has 1 aromatic rings. The van der Waals surface area contributed by atoms with E-state index in [-0.39, 0.29) is 24.4 Å². The quantitative estimate of drug-likeness (QED) is 0.606. The van der Waals surface area contributed by atoms with Crippen molar-refractivity contribution in [3.63, 3.8) is 0 Å². The van der Waals surface area contributed by atoms with Gasteiger partial charge in [-0.3, -0.25) is 19.4 Å². The van der Waals surface area contributed by atoms with E-state index in [4.69, 9.17) is 9.47 Å². The van der Waals surface area contributed by atoms with Crippen LogP contribution < -0.4 is 9.47 Å². The predicted molar refractivity (Wildman–Crippen MR) is 122 cm³/mol. The average Bonchev–Trinajstić information content (AvgIpc) is 3.01. The van der Waals surface area contributed by atoms with Crippen molar-refractivity contribution in [2.45, 2.75) is 44.2 Å². The molecule has 1 saturated carbocycles. The second kappa shape index (κ2) is 9.59. The lowest BCUT2D eigenvalue weighted by Gasteiger charge is -2.36. The van der Waals surface area contributed by atoms with Gasteiger partial charge in [0.2, 0.25) is 5.91 Å². The summed E-state index contributed by atoms with van der Waals surface area (Å²) in [4.78, 5) is 45.7. The number of benzene rings is 1. The van der Waals surface area contributed by atoms with Crippen molar-refractivity contribution in [3.05, 3.63) is 23.8 Å². The number of piperazine rings is 1. The van der Waals surface area contributed by atoms with E-state index in [1.54, 1.807) is 31.1 Å². The molecule has 33 heavy (non-hydrogen) atoms. The maximum absolute atomic E-state index is 13.1. The van der Waals surface area contributed by atoms with E-state index < -0.39 is 5.54 Å². The Labute approximate surface area is 195 Å². The topological polar surface area (TPSA) is 82.6 Å². The number of carbonyl (C=O) groups excluding carboxylic acids is 3. The number of likely N-dealkylation sites (N-methyl/N-ethyl adjacent to an activating group) is 1. The molecule has 1 aromatic carbocycles. The molecule has 0 aromatic heterocycles. The number of amides is 4. The van der Waals surface area contributed by atoms with Crippen molar-refractivity contribution in [2.24, 2.45) is 0 Å². The minimum absolute atomic E-state index is 0.163. The molecule has 3 fully saturated rings. The number of carbonyl (C=O) groups is 3. The maximum atomic E-state index is 13.1. The highest BCUT2D eigenvalue weighted by Crippen LogP contribution is 2.39. The minimum atomic E-state index is -0.742. The third kappa shape index (κ3) is 4.38. The van der Waals surface area contributed by atoms with E-state index in [9.17, 15) is 14.4 Å². The molecule has 2 aliphatic heterocycles. The van der Waals surface area contributed by atoms with Crippen LogP contribution in [0.3, 0.4) is 0 Å². The summed E-state index contributed by atoms with van der Waals surface area (Å²) in [6, 6.07) is 5.54. The Morgan fingerprint density at radius 3 is 2.27 bits per heavy atom. The van der Waals surface area contributed by atoms with Gasteiger partial charge in [-0.15, -0.1) is 0 Å². The molecule has 2 saturated heterocycles. The van der Waals surface area contributed by atoms with Gasteiger partial charge in [-0.1, -0.05) is 25.3 Å². The normalized spacial score (nSPS) is 21.1. The van der Waals surface area contributed by atoms with Gasteiger partial charge in [0, 0.05) is 39.8 Å². The van der Waals surface area contributed by atoms with E-state index >= 15 is 0 Å². The number of ether oxygens (including phenoxy) is 2. The molecule has 0 atom stereocenters. The zero-order valence-corrected chi connectivity index (χ0v) is 19.8. The fraction of sp³-hybridized carbons (Fsp3) is 0.625. The number of hydrogen-bond acceptors (Lipinski definition) is 6. The van der Waals surface area contributed by atoms with E-state index in [0.717, 1.165) is 44.5 Å². The summed E-state index contributed by atoms with van der Waals surface area (Å²) in [5.41, 5.74) is 0.370. The maximum Gasteiger partial charge on any atom is 0.327 e. The summed E-state index contributed by atoms with van der Waals surface area (Å²) in [6.45, 7) is 3.18. The SMILES string of the molecule is COc1ccc(CN2CCN(C(=O)CN3C(=O)N(C)C4(CCCCC4)C3=O)CC2)cc1OC. The van der Waals surface area contributed by atoms with Crippen molar-refractivity contribution in [1.82, 2.24) is 19.6 Å². The molecule has 1 spiro atoms. The minimum Gasteiger partial charge on any atom is -0.493 e. The molecule has 1 aliphatic carbocycles. The smallest absolute Gasteiger partial charge is 0.327 e. The van der Waals surface area contributed by atoms with Crippen LogP contribution in [0.1, 0.15) is 37.7 Å². The van der Waals surface area contributed by atoms with Gasteiger partial charge < -0.3 is 19.3 Å². The molecule has 9 nitrogen and oxygen atoms in total. The second-order valence-electron chi connectivity index (χ2n) is 9.17. The Bertz CT molecular complexity index is 906. The van der Waals surface area contributed by atoms with Crippen molar-refractivity contribution >= 4 is 17.8 Å². The van der Waals surface area contributed by atoms with E-state index in [0.29, 0.717) is 37.4 Å². The van der Waals surface area contributed by atoms with Crippen molar-refractivity contribution in [3.8, 4) is 11.5 Å². The van der Waals surface area contributed by atoms with E-state index in [2.05, 4.69) is 4.90 Å². The van der Waals surface area contributed by atoms with Crippen LogP contribution in [0.2, 0.25) is 0 Å². The lowest BCUT2D eigenvalue weighted by molar-refractivity contribution is -0.141. The molecule has 9 heteroatoms. The van der Waals surface area contributed by atoms with Gasteiger partial charge in [0.25, 0.3) is 5.91 Å². The van der Waals surface area contributed by atoms with Gasteiger partial charge in [0.05, 0.1) is 14.2 Å². The standard InChI is InChI=1S/C24H34N4O5/c1-25-23(31)28(22(30)24(25)9-5-4-6-10-24)17-21(29)27-13-11-26(12-14-27)16-18-7-8-19(32-2)20(15-18)33-3/h7-8,15H,4-6,9-14,16-17H2,1-3H3. The van der Waals surface area contributed by atoms with Crippen molar-refractivity contribution in [2.75, 3.05) is 54.0 Å². The number of hydrogen-bond donors (Lipinski definition) is 0. The number of methoxy groups -OCH3 is 2. The van der Waals surface area contributed by atoms with Crippen molar-refractivity contribution < 1.29 is 23.9 Å². The summed E-state index contributed by atoms with van der Waals surface area (Å²) < 4.78 is 10.7. The average molecular weight is 459 g/mol. The van der Waals surface area contributed by atoms with Crippen LogP contribution in [0.4, 0.5) is 4.79 Å². The summed E-state index contributed by atoms with van der Waals surface area (Å²) in [5, 5.41) is 0. The fourth-order valence-corrected chi connectivity index (χ4v) is 5.30. The van der Waals surface area contributed by atoms with Crippen LogP contribution in [0.5, 0.6) is 11.5 Å². The summed E-state index contributed by atoms with van der Waals surface area (Å²) >= 11 is 0. The van der Waals surface area contributed by atoms with Gasteiger partial charge >= 0.3 is 6.03 Å². The molecular formula is C24H34N4O5. The van der Waals surface area contributed by atoms with Gasteiger partial charge in [-0.05, 0) is 30.5 Å². The lowest BCUT2D eigenvalue weighted by atomic mass is 9.81. The first-order valence-electron chi connectivity index (χ1n) is 11.7. The molecular weight excluding hydrogens is 424 g/mol. The zero-order valence-electron chi connectivity index (χ0n) is 19.8. The lowest BCUT2D eigenvalue weighted by Crippen LogP contribution is -2.52. The first-order chi connectivity index (χ1) is 15.9.